The van der Waals surface area contributed by atoms with E-state index in [1.165, 1.54) is 0 Å². The lowest BCUT2D eigenvalue weighted by molar-refractivity contribution is -0.0945. The standard InChI is InChI=1S/C5H9F3O7P2/c1-4(5(6,7)8)2-3-14-17(12,13)15-16(9,10)11/h1-3H2,(H,12,13)(H2,9,10,11). The normalized spacial score (nSPS) is 16.6. The molecule has 0 saturated heterocycles. The summed E-state index contributed by atoms with van der Waals surface area (Å²) in [6.07, 6.45) is -5.51. The maximum Gasteiger partial charge on any atom is 0.481 e. The van der Waals surface area contributed by atoms with Crippen LogP contribution < -0.4 is 0 Å². The van der Waals surface area contributed by atoms with Crippen molar-refractivity contribution >= 4 is 15.6 Å². The first-order valence-corrected chi connectivity index (χ1v) is 6.85. The van der Waals surface area contributed by atoms with Gasteiger partial charge in [0.2, 0.25) is 0 Å². The Hall–Kier alpha value is -0.210. The van der Waals surface area contributed by atoms with Gasteiger partial charge in [0.25, 0.3) is 0 Å². The summed E-state index contributed by atoms with van der Waals surface area (Å²) in [5, 5.41) is 0. The second-order valence-electron chi connectivity index (χ2n) is 2.73. The predicted octanol–water partition coefficient (Wildman–Crippen LogP) is 1.72. The third-order valence-corrected chi connectivity index (χ3v) is 3.45. The predicted molar refractivity (Wildman–Crippen MR) is 48.7 cm³/mol. The number of halogens is 3. The molecule has 7 nitrogen and oxygen atoms in total. The molecule has 17 heavy (non-hydrogen) atoms. The lowest BCUT2D eigenvalue weighted by Crippen LogP contribution is -2.12. The van der Waals surface area contributed by atoms with Crippen LogP contribution in [-0.2, 0) is 18.0 Å². The molecule has 0 aliphatic heterocycles. The lowest BCUT2D eigenvalue weighted by Gasteiger charge is -2.13. The highest BCUT2D eigenvalue weighted by molar-refractivity contribution is 7.60. The topological polar surface area (TPSA) is 113 Å². The van der Waals surface area contributed by atoms with Gasteiger partial charge >= 0.3 is 21.8 Å². The minimum Gasteiger partial charge on any atom is -0.302 e. The molecule has 0 heterocycles. The van der Waals surface area contributed by atoms with E-state index in [-0.39, 0.29) is 0 Å². The summed E-state index contributed by atoms with van der Waals surface area (Å²) in [6, 6.07) is 0. The molecular formula is C5H9F3O7P2. The van der Waals surface area contributed by atoms with Gasteiger partial charge in [0.05, 0.1) is 6.61 Å². The summed E-state index contributed by atoms with van der Waals surface area (Å²) in [7, 11) is -10.4. The van der Waals surface area contributed by atoms with E-state index in [1.807, 2.05) is 0 Å². The van der Waals surface area contributed by atoms with Gasteiger partial charge in [-0.25, -0.2) is 9.13 Å². The summed E-state index contributed by atoms with van der Waals surface area (Å²) in [4.78, 5) is 25.0. The average molecular weight is 300 g/mol. The zero-order valence-electron chi connectivity index (χ0n) is 8.12. The van der Waals surface area contributed by atoms with Gasteiger partial charge in [-0.15, -0.1) is 0 Å². The third kappa shape index (κ3) is 8.50. The minimum atomic E-state index is -5.27. The van der Waals surface area contributed by atoms with Gasteiger partial charge in [0.1, 0.15) is 0 Å². The van der Waals surface area contributed by atoms with Crippen LogP contribution in [0.3, 0.4) is 0 Å². The van der Waals surface area contributed by atoms with Crippen molar-refractivity contribution < 1.29 is 45.8 Å². The summed E-state index contributed by atoms with van der Waals surface area (Å²) in [5.74, 6) is 0. The fraction of sp³-hybridized carbons (Fsp3) is 0.600. The molecule has 1 unspecified atom stereocenters. The molecular weight excluding hydrogens is 291 g/mol. The van der Waals surface area contributed by atoms with Crippen molar-refractivity contribution in [1.82, 2.24) is 0 Å². The number of phosphoric ester groups is 1. The van der Waals surface area contributed by atoms with Crippen molar-refractivity contribution in [3.8, 4) is 0 Å². The highest BCUT2D eigenvalue weighted by atomic mass is 31.3. The number of rotatable bonds is 6. The number of phosphoric acid groups is 2. The zero-order valence-corrected chi connectivity index (χ0v) is 9.91. The molecule has 12 heteroatoms. The van der Waals surface area contributed by atoms with Crippen molar-refractivity contribution in [2.45, 2.75) is 12.6 Å². The molecule has 0 aromatic heterocycles. The maximum absolute atomic E-state index is 11.9. The molecule has 0 aliphatic rings. The van der Waals surface area contributed by atoms with Crippen molar-refractivity contribution in [1.29, 1.82) is 0 Å². The van der Waals surface area contributed by atoms with Crippen LogP contribution in [0.5, 0.6) is 0 Å². The molecule has 0 saturated carbocycles. The van der Waals surface area contributed by atoms with Crippen LogP contribution >= 0.6 is 15.6 Å². The van der Waals surface area contributed by atoms with Crippen LogP contribution in [0.4, 0.5) is 13.2 Å². The molecule has 3 N–H and O–H groups in total. The Balaban J connectivity index is 4.18. The second kappa shape index (κ2) is 5.62. The number of alkyl halides is 3. The van der Waals surface area contributed by atoms with Gasteiger partial charge in [0, 0.05) is 12.0 Å². The Kier molecular flexibility index (Phi) is 5.55. The summed E-state index contributed by atoms with van der Waals surface area (Å²) in [5.41, 5.74) is -1.21. The molecule has 0 fully saturated rings. The van der Waals surface area contributed by atoms with Crippen molar-refractivity contribution in [3.63, 3.8) is 0 Å². The molecule has 0 bridgehead atoms. The molecule has 0 aromatic rings. The number of hydrogen-bond acceptors (Lipinski definition) is 4. The molecule has 0 spiro atoms. The maximum atomic E-state index is 11.9. The van der Waals surface area contributed by atoms with Crippen molar-refractivity contribution in [3.05, 3.63) is 12.2 Å². The summed E-state index contributed by atoms with van der Waals surface area (Å²) < 4.78 is 63.9. The summed E-state index contributed by atoms with van der Waals surface area (Å²) >= 11 is 0. The monoisotopic (exact) mass is 300 g/mol. The van der Waals surface area contributed by atoms with Gasteiger partial charge in [0.15, 0.2) is 0 Å². The molecule has 0 aliphatic carbocycles. The summed E-state index contributed by atoms with van der Waals surface area (Å²) in [6.45, 7) is 1.72. The van der Waals surface area contributed by atoms with Crippen LogP contribution in [0.1, 0.15) is 6.42 Å². The fourth-order valence-corrected chi connectivity index (χ4v) is 2.17. The van der Waals surface area contributed by atoms with Gasteiger partial charge in [-0.2, -0.15) is 17.5 Å². The molecule has 0 rings (SSSR count). The first-order valence-electron chi connectivity index (χ1n) is 3.83. The number of hydrogen-bond donors (Lipinski definition) is 3. The largest absolute Gasteiger partial charge is 0.481 e. The Labute approximate surface area is 93.7 Å². The second-order valence-corrected chi connectivity index (χ2v) is 5.55. The van der Waals surface area contributed by atoms with E-state index >= 15 is 0 Å². The van der Waals surface area contributed by atoms with E-state index in [4.69, 9.17) is 14.7 Å². The highest BCUT2D eigenvalue weighted by Crippen LogP contribution is 2.57. The van der Waals surface area contributed by atoms with E-state index in [9.17, 15) is 22.3 Å². The lowest BCUT2D eigenvalue weighted by atomic mass is 10.2. The van der Waals surface area contributed by atoms with Gasteiger partial charge in [-0.1, -0.05) is 6.58 Å². The van der Waals surface area contributed by atoms with E-state index in [1.54, 1.807) is 0 Å². The van der Waals surface area contributed by atoms with Crippen molar-refractivity contribution in [2.24, 2.45) is 0 Å². The highest BCUT2D eigenvalue weighted by Gasteiger charge is 2.34. The fourth-order valence-electron chi connectivity index (χ4n) is 0.584. The van der Waals surface area contributed by atoms with Crippen LogP contribution in [0.15, 0.2) is 12.2 Å². The molecule has 1 atom stereocenters. The Bertz CT molecular complexity index is 372. The quantitative estimate of drug-likeness (QED) is 0.505. The molecule has 102 valence electrons. The molecule has 0 aromatic carbocycles. The minimum absolute atomic E-state index is 0.835. The van der Waals surface area contributed by atoms with E-state index in [0.29, 0.717) is 0 Å². The van der Waals surface area contributed by atoms with Crippen molar-refractivity contribution in [2.75, 3.05) is 6.61 Å². The van der Waals surface area contributed by atoms with Crippen LogP contribution in [0.2, 0.25) is 0 Å². The molecule has 0 radical (unpaired) electrons. The van der Waals surface area contributed by atoms with E-state index in [2.05, 4.69) is 15.4 Å². The van der Waals surface area contributed by atoms with Gasteiger partial charge < -0.3 is 14.7 Å². The Morgan fingerprint density at radius 3 is 2.06 bits per heavy atom. The smallest absolute Gasteiger partial charge is 0.302 e. The molecule has 0 amide bonds. The zero-order chi connectivity index (χ0) is 13.9. The average Bonchev–Trinajstić information content (AvgIpc) is 1.96. The first kappa shape index (κ1) is 16.8. The Morgan fingerprint density at radius 2 is 1.71 bits per heavy atom. The van der Waals surface area contributed by atoms with E-state index < -0.39 is 40.4 Å². The van der Waals surface area contributed by atoms with Crippen LogP contribution in [0, 0.1) is 0 Å². The van der Waals surface area contributed by atoms with Crippen LogP contribution in [-0.4, -0.2) is 27.5 Å². The van der Waals surface area contributed by atoms with Gasteiger partial charge in [-0.3, -0.25) is 4.52 Å². The third-order valence-electron chi connectivity index (χ3n) is 1.27. The van der Waals surface area contributed by atoms with Crippen LogP contribution in [0.25, 0.3) is 0 Å². The Morgan fingerprint density at radius 1 is 1.24 bits per heavy atom. The first-order chi connectivity index (χ1) is 7.33. The van der Waals surface area contributed by atoms with E-state index in [0.717, 1.165) is 0 Å². The van der Waals surface area contributed by atoms with Gasteiger partial charge in [-0.05, 0) is 0 Å². The SMILES string of the molecule is C=C(CCOP(=O)(O)OP(=O)(O)O)C(F)(F)F.